The number of hydrogen-bond acceptors (Lipinski definition) is 4. The molecule has 0 fully saturated rings. The Kier molecular flexibility index (Phi) is 7.43. The standard InChI is InChI=1S/C11H20F2O5S/c1-9(2)6-4-3-5-7-10(14)18-8-11(12,13)19(15,16)17/h9H,3-8H2,1-2H3,(H,15,16,17). The first-order chi connectivity index (χ1) is 8.56. The van der Waals surface area contributed by atoms with Crippen LogP contribution in [0.4, 0.5) is 8.78 Å². The predicted octanol–water partition coefficient (Wildman–Crippen LogP) is 2.62. The summed E-state index contributed by atoms with van der Waals surface area (Å²) >= 11 is 0. The Morgan fingerprint density at radius 1 is 1.26 bits per heavy atom. The second-order valence-electron chi connectivity index (χ2n) is 4.77. The predicted molar refractivity (Wildman–Crippen MR) is 65.4 cm³/mol. The van der Waals surface area contributed by atoms with E-state index < -0.39 is 27.9 Å². The molecule has 0 saturated heterocycles. The summed E-state index contributed by atoms with van der Waals surface area (Å²) in [4.78, 5) is 11.1. The zero-order chi connectivity index (χ0) is 15.1. The zero-order valence-electron chi connectivity index (χ0n) is 11.1. The van der Waals surface area contributed by atoms with Crippen LogP contribution in [0.3, 0.4) is 0 Å². The molecule has 0 unspecified atom stereocenters. The van der Waals surface area contributed by atoms with Crippen LogP contribution >= 0.6 is 0 Å². The summed E-state index contributed by atoms with van der Waals surface area (Å²) < 4.78 is 58.2. The average molecular weight is 302 g/mol. The van der Waals surface area contributed by atoms with Gasteiger partial charge in [0.1, 0.15) is 0 Å². The second-order valence-corrected chi connectivity index (χ2v) is 6.31. The van der Waals surface area contributed by atoms with Crippen LogP contribution < -0.4 is 0 Å². The van der Waals surface area contributed by atoms with E-state index >= 15 is 0 Å². The van der Waals surface area contributed by atoms with Crippen LogP contribution in [0, 0.1) is 5.92 Å². The van der Waals surface area contributed by atoms with Gasteiger partial charge in [0.25, 0.3) is 0 Å². The number of halogens is 2. The van der Waals surface area contributed by atoms with Gasteiger partial charge < -0.3 is 4.74 Å². The van der Waals surface area contributed by atoms with Crippen molar-refractivity contribution < 1.29 is 31.3 Å². The SMILES string of the molecule is CC(C)CCCCCC(=O)OCC(F)(F)S(=O)(=O)O. The number of rotatable bonds is 9. The highest BCUT2D eigenvalue weighted by molar-refractivity contribution is 7.86. The minimum Gasteiger partial charge on any atom is -0.458 e. The van der Waals surface area contributed by atoms with Gasteiger partial charge in [-0.25, -0.2) is 0 Å². The number of unbranched alkanes of at least 4 members (excludes halogenated alkanes) is 2. The minimum atomic E-state index is -5.55. The maximum Gasteiger partial charge on any atom is 0.402 e. The topological polar surface area (TPSA) is 80.7 Å². The summed E-state index contributed by atoms with van der Waals surface area (Å²) in [6.45, 7) is 2.49. The molecule has 8 heteroatoms. The lowest BCUT2D eigenvalue weighted by Gasteiger charge is -2.12. The van der Waals surface area contributed by atoms with Crippen molar-refractivity contribution >= 4 is 16.1 Å². The number of hydrogen-bond donors (Lipinski definition) is 1. The van der Waals surface area contributed by atoms with E-state index in [4.69, 9.17) is 4.55 Å². The quantitative estimate of drug-likeness (QED) is 0.402. The third-order valence-corrected chi connectivity index (χ3v) is 3.31. The largest absolute Gasteiger partial charge is 0.458 e. The molecule has 0 aromatic carbocycles. The average Bonchev–Trinajstić information content (AvgIpc) is 2.24. The third-order valence-electron chi connectivity index (χ3n) is 2.44. The van der Waals surface area contributed by atoms with Crippen molar-refractivity contribution in [2.45, 2.75) is 51.2 Å². The van der Waals surface area contributed by atoms with Gasteiger partial charge in [0.05, 0.1) is 0 Å². The van der Waals surface area contributed by atoms with E-state index in [0.717, 1.165) is 19.3 Å². The number of carbonyl (C=O) groups is 1. The lowest BCUT2D eigenvalue weighted by atomic mass is 10.0. The highest BCUT2D eigenvalue weighted by atomic mass is 32.2. The van der Waals surface area contributed by atoms with Crippen molar-refractivity contribution in [2.75, 3.05) is 6.61 Å². The van der Waals surface area contributed by atoms with Crippen molar-refractivity contribution in [2.24, 2.45) is 5.92 Å². The lowest BCUT2D eigenvalue weighted by molar-refractivity contribution is -0.149. The van der Waals surface area contributed by atoms with E-state index in [1.807, 2.05) is 0 Å². The molecule has 0 heterocycles. The molecule has 0 aromatic rings. The fourth-order valence-electron chi connectivity index (χ4n) is 1.31. The summed E-state index contributed by atoms with van der Waals surface area (Å²) in [7, 11) is -5.55. The molecule has 0 saturated carbocycles. The van der Waals surface area contributed by atoms with Crippen LogP contribution in [-0.2, 0) is 19.6 Å². The molecule has 1 N–H and O–H groups in total. The summed E-state index contributed by atoms with van der Waals surface area (Å²) in [6.07, 6.45) is 3.20. The van der Waals surface area contributed by atoms with E-state index in [9.17, 15) is 22.0 Å². The Hall–Kier alpha value is -0.760. The van der Waals surface area contributed by atoms with E-state index in [1.165, 1.54) is 0 Å². The van der Waals surface area contributed by atoms with Gasteiger partial charge in [-0.1, -0.05) is 33.1 Å². The number of esters is 1. The molecule has 0 aromatic heterocycles. The minimum absolute atomic E-state index is 0.0420. The van der Waals surface area contributed by atoms with Crippen molar-refractivity contribution in [1.82, 2.24) is 0 Å². The van der Waals surface area contributed by atoms with Crippen LogP contribution in [0.5, 0.6) is 0 Å². The first-order valence-electron chi connectivity index (χ1n) is 6.06. The third kappa shape index (κ3) is 8.10. The van der Waals surface area contributed by atoms with Crippen LogP contribution in [0.15, 0.2) is 0 Å². The Bertz CT molecular complexity index is 379. The highest BCUT2D eigenvalue weighted by Gasteiger charge is 2.45. The monoisotopic (exact) mass is 302 g/mol. The molecule has 0 rings (SSSR count). The van der Waals surface area contributed by atoms with Crippen LogP contribution in [0.25, 0.3) is 0 Å². The summed E-state index contributed by atoms with van der Waals surface area (Å²) in [5.41, 5.74) is 0. The first kappa shape index (κ1) is 18.2. The molecule has 0 atom stereocenters. The number of ether oxygens (including phenoxy) is 1. The molecule has 0 aliphatic heterocycles. The highest BCUT2D eigenvalue weighted by Crippen LogP contribution is 2.21. The smallest absolute Gasteiger partial charge is 0.402 e. The Morgan fingerprint density at radius 2 is 1.84 bits per heavy atom. The van der Waals surface area contributed by atoms with Gasteiger partial charge in [-0.2, -0.15) is 17.2 Å². The van der Waals surface area contributed by atoms with E-state index in [2.05, 4.69) is 18.6 Å². The van der Waals surface area contributed by atoms with Crippen molar-refractivity contribution in [1.29, 1.82) is 0 Å². The molecule has 0 spiro atoms. The van der Waals surface area contributed by atoms with Gasteiger partial charge in [-0.3, -0.25) is 9.35 Å². The molecule has 0 aliphatic rings. The molecule has 114 valence electrons. The van der Waals surface area contributed by atoms with E-state index in [1.54, 1.807) is 0 Å². The van der Waals surface area contributed by atoms with Crippen molar-refractivity contribution in [3.8, 4) is 0 Å². The summed E-state index contributed by atoms with van der Waals surface area (Å²) in [5, 5.41) is -4.46. The van der Waals surface area contributed by atoms with Gasteiger partial charge in [0.15, 0.2) is 6.61 Å². The van der Waals surface area contributed by atoms with Crippen LogP contribution in [0.2, 0.25) is 0 Å². The first-order valence-corrected chi connectivity index (χ1v) is 7.51. The molecular formula is C11H20F2O5S. The molecule has 0 amide bonds. The fourth-order valence-corrected chi connectivity index (χ4v) is 1.52. The maximum atomic E-state index is 12.7. The van der Waals surface area contributed by atoms with Crippen molar-refractivity contribution in [3.05, 3.63) is 0 Å². The van der Waals surface area contributed by atoms with Gasteiger partial charge >= 0.3 is 21.3 Å². The Balaban J connectivity index is 3.83. The summed E-state index contributed by atoms with van der Waals surface area (Å²) in [6, 6.07) is 0. The molecule has 5 nitrogen and oxygen atoms in total. The van der Waals surface area contributed by atoms with Crippen LogP contribution in [-0.4, -0.2) is 30.8 Å². The fraction of sp³-hybridized carbons (Fsp3) is 0.909. The Morgan fingerprint density at radius 3 is 2.32 bits per heavy atom. The number of alkyl halides is 2. The van der Waals surface area contributed by atoms with Gasteiger partial charge in [0, 0.05) is 6.42 Å². The van der Waals surface area contributed by atoms with E-state index in [0.29, 0.717) is 12.3 Å². The second kappa shape index (κ2) is 7.74. The molecular weight excluding hydrogens is 282 g/mol. The van der Waals surface area contributed by atoms with E-state index in [-0.39, 0.29) is 6.42 Å². The van der Waals surface area contributed by atoms with Gasteiger partial charge in [-0.15, -0.1) is 0 Å². The van der Waals surface area contributed by atoms with Crippen molar-refractivity contribution in [3.63, 3.8) is 0 Å². The zero-order valence-corrected chi connectivity index (χ0v) is 11.9. The maximum absolute atomic E-state index is 12.7. The molecule has 0 aliphatic carbocycles. The molecule has 0 bridgehead atoms. The molecule has 19 heavy (non-hydrogen) atoms. The summed E-state index contributed by atoms with van der Waals surface area (Å²) in [5.74, 6) is -0.326. The Labute approximate surface area is 112 Å². The molecule has 0 radical (unpaired) electrons. The lowest BCUT2D eigenvalue weighted by Crippen LogP contribution is -2.34. The normalized spacial score (nSPS) is 12.7. The number of carbonyl (C=O) groups excluding carboxylic acids is 1. The van der Waals surface area contributed by atoms with Crippen LogP contribution in [0.1, 0.15) is 46.0 Å². The van der Waals surface area contributed by atoms with Gasteiger partial charge in [0.2, 0.25) is 0 Å². The van der Waals surface area contributed by atoms with Gasteiger partial charge in [-0.05, 0) is 12.3 Å².